The molecule has 2 heterocycles. The van der Waals surface area contributed by atoms with Gasteiger partial charge in [0.05, 0.1) is 17.2 Å². The molecule has 0 aliphatic rings. The first-order chi connectivity index (χ1) is 11.2. The molecule has 5 nitrogen and oxygen atoms in total. The van der Waals surface area contributed by atoms with Crippen molar-refractivity contribution in [3.63, 3.8) is 0 Å². The van der Waals surface area contributed by atoms with Crippen molar-refractivity contribution in [3.8, 4) is 16.3 Å². The zero-order chi connectivity index (χ0) is 16.2. The van der Waals surface area contributed by atoms with Crippen LogP contribution >= 0.6 is 11.3 Å². The lowest BCUT2D eigenvalue weighted by molar-refractivity contribution is 0.102. The Labute approximate surface area is 138 Å². The summed E-state index contributed by atoms with van der Waals surface area (Å²) in [6.07, 6.45) is 0. The lowest BCUT2D eigenvalue weighted by atomic mass is 10.2. The lowest BCUT2D eigenvalue weighted by Gasteiger charge is -2.05. The molecular formula is C17H17N3O2S. The third-order valence-corrected chi connectivity index (χ3v) is 4.20. The average molecular weight is 327 g/mol. The van der Waals surface area contributed by atoms with Crippen molar-refractivity contribution in [2.45, 2.75) is 6.92 Å². The summed E-state index contributed by atoms with van der Waals surface area (Å²) in [5.41, 5.74) is 2.03. The van der Waals surface area contributed by atoms with Crippen molar-refractivity contribution in [3.05, 3.63) is 53.5 Å². The Morgan fingerprint density at radius 1 is 1.30 bits per heavy atom. The first-order valence-electron chi connectivity index (χ1n) is 7.29. The van der Waals surface area contributed by atoms with Crippen LogP contribution < -0.4 is 10.1 Å². The SMILES string of the molecule is CCOc1ccc(NC(=O)c2cc(-c3cccs3)n(C)n2)cc1. The average Bonchev–Trinajstić information content (AvgIpc) is 3.18. The molecule has 0 spiro atoms. The molecule has 0 atom stereocenters. The molecular weight excluding hydrogens is 310 g/mol. The molecule has 0 unspecified atom stereocenters. The van der Waals surface area contributed by atoms with Crippen LogP contribution in [-0.2, 0) is 7.05 Å². The van der Waals surface area contributed by atoms with E-state index in [0.29, 0.717) is 18.0 Å². The molecule has 0 aliphatic carbocycles. The number of anilines is 1. The molecule has 1 amide bonds. The Morgan fingerprint density at radius 2 is 2.09 bits per heavy atom. The minimum Gasteiger partial charge on any atom is -0.494 e. The van der Waals surface area contributed by atoms with Crippen molar-refractivity contribution in [2.75, 3.05) is 11.9 Å². The largest absolute Gasteiger partial charge is 0.494 e. The summed E-state index contributed by atoms with van der Waals surface area (Å²) in [6, 6.07) is 13.1. The van der Waals surface area contributed by atoms with Gasteiger partial charge in [-0.3, -0.25) is 9.48 Å². The highest BCUT2D eigenvalue weighted by molar-refractivity contribution is 7.13. The molecule has 0 saturated carbocycles. The first-order valence-corrected chi connectivity index (χ1v) is 8.17. The van der Waals surface area contributed by atoms with Crippen LogP contribution in [0.15, 0.2) is 47.8 Å². The predicted octanol–water partition coefficient (Wildman–Crippen LogP) is 3.80. The smallest absolute Gasteiger partial charge is 0.276 e. The number of thiophene rings is 1. The van der Waals surface area contributed by atoms with Crippen molar-refractivity contribution in [1.82, 2.24) is 9.78 Å². The molecule has 0 bridgehead atoms. The Morgan fingerprint density at radius 3 is 2.74 bits per heavy atom. The number of nitrogens with zero attached hydrogens (tertiary/aromatic N) is 2. The van der Waals surface area contributed by atoms with Gasteiger partial charge < -0.3 is 10.1 Å². The second-order valence-corrected chi connectivity index (χ2v) is 5.87. The number of aromatic nitrogens is 2. The Bertz CT molecular complexity index is 792. The van der Waals surface area contributed by atoms with Gasteiger partial charge in [-0.25, -0.2) is 0 Å². The van der Waals surface area contributed by atoms with E-state index in [1.54, 1.807) is 22.1 Å². The van der Waals surface area contributed by atoms with Gasteiger partial charge in [-0.15, -0.1) is 11.3 Å². The molecule has 0 fully saturated rings. The van der Waals surface area contributed by atoms with Crippen molar-refractivity contribution < 1.29 is 9.53 Å². The summed E-state index contributed by atoms with van der Waals surface area (Å²) in [6.45, 7) is 2.55. The zero-order valence-electron chi connectivity index (χ0n) is 12.9. The molecule has 1 N–H and O–H groups in total. The first kappa shape index (κ1) is 15.3. The molecule has 0 radical (unpaired) electrons. The van der Waals surface area contributed by atoms with Crippen LogP contribution in [0.25, 0.3) is 10.6 Å². The fourth-order valence-corrected chi connectivity index (χ4v) is 3.00. The topological polar surface area (TPSA) is 56.1 Å². The third-order valence-electron chi connectivity index (χ3n) is 3.31. The number of aryl methyl sites for hydroxylation is 1. The summed E-state index contributed by atoms with van der Waals surface area (Å²) in [4.78, 5) is 13.4. The van der Waals surface area contributed by atoms with Crippen LogP contribution in [0.4, 0.5) is 5.69 Å². The van der Waals surface area contributed by atoms with Gasteiger partial charge in [0.1, 0.15) is 5.75 Å². The van der Waals surface area contributed by atoms with E-state index >= 15 is 0 Å². The molecule has 3 aromatic rings. The summed E-state index contributed by atoms with van der Waals surface area (Å²) in [5.74, 6) is 0.552. The monoisotopic (exact) mass is 327 g/mol. The molecule has 23 heavy (non-hydrogen) atoms. The Hall–Kier alpha value is -2.60. The molecule has 6 heteroatoms. The van der Waals surface area contributed by atoms with Crippen LogP contribution in [0.2, 0.25) is 0 Å². The standard InChI is InChI=1S/C17H17N3O2S/c1-3-22-13-8-6-12(7-9-13)18-17(21)14-11-15(20(2)19-14)16-5-4-10-23-16/h4-11H,3H2,1-2H3,(H,18,21). The molecule has 0 saturated heterocycles. The number of hydrogen-bond acceptors (Lipinski definition) is 4. The minimum absolute atomic E-state index is 0.229. The maximum absolute atomic E-state index is 12.3. The predicted molar refractivity (Wildman–Crippen MR) is 92.1 cm³/mol. The normalized spacial score (nSPS) is 10.5. The van der Waals surface area contributed by atoms with Gasteiger partial charge >= 0.3 is 0 Å². The van der Waals surface area contributed by atoms with Crippen LogP contribution in [0.3, 0.4) is 0 Å². The molecule has 118 valence electrons. The number of ether oxygens (including phenoxy) is 1. The van der Waals surface area contributed by atoms with Gasteiger partial charge in [0.25, 0.3) is 5.91 Å². The van der Waals surface area contributed by atoms with E-state index < -0.39 is 0 Å². The van der Waals surface area contributed by atoms with Gasteiger partial charge in [0.15, 0.2) is 5.69 Å². The number of nitrogens with one attached hydrogen (secondary N) is 1. The van der Waals surface area contributed by atoms with E-state index in [2.05, 4.69) is 10.4 Å². The highest BCUT2D eigenvalue weighted by Gasteiger charge is 2.14. The lowest BCUT2D eigenvalue weighted by Crippen LogP contribution is -2.12. The number of carbonyl (C=O) groups is 1. The molecule has 3 rings (SSSR count). The number of carbonyl (C=O) groups excluding carboxylic acids is 1. The third kappa shape index (κ3) is 3.43. The van der Waals surface area contributed by atoms with E-state index in [1.807, 2.05) is 55.7 Å². The van der Waals surface area contributed by atoms with E-state index in [1.165, 1.54) is 0 Å². The number of hydrogen-bond donors (Lipinski definition) is 1. The number of rotatable bonds is 5. The van der Waals surface area contributed by atoms with Gasteiger partial charge in [-0.2, -0.15) is 5.10 Å². The maximum Gasteiger partial charge on any atom is 0.276 e. The highest BCUT2D eigenvalue weighted by atomic mass is 32.1. The van der Waals surface area contributed by atoms with E-state index in [9.17, 15) is 4.79 Å². The number of benzene rings is 1. The Kier molecular flexibility index (Phi) is 4.43. The fourth-order valence-electron chi connectivity index (χ4n) is 2.23. The van der Waals surface area contributed by atoms with Gasteiger partial charge in [-0.1, -0.05) is 6.07 Å². The molecule has 0 aliphatic heterocycles. The summed E-state index contributed by atoms with van der Waals surface area (Å²) < 4.78 is 7.10. The fraction of sp³-hybridized carbons (Fsp3) is 0.176. The Balaban J connectivity index is 1.74. The number of amides is 1. The van der Waals surface area contributed by atoms with Crippen LogP contribution in [0, 0.1) is 0 Å². The minimum atomic E-state index is -0.229. The summed E-state index contributed by atoms with van der Waals surface area (Å²) >= 11 is 1.62. The van der Waals surface area contributed by atoms with Crippen molar-refractivity contribution >= 4 is 22.9 Å². The highest BCUT2D eigenvalue weighted by Crippen LogP contribution is 2.25. The van der Waals surface area contributed by atoms with Gasteiger partial charge in [-0.05, 0) is 48.7 Å². The van der Waals surface area contributed by atoms with E-state index in [0.717, 1.165) is 16.3 Å². The van der Waals surface area contributed by atoms with Crippen LogP contribution in [-0.4, -0.2) is 22.3 Å². The van der Waals surface area contributed by atoms with E-state index in [-0.39, 0.29) is 5.91 Å². The second kappa shape index (κ2) is 6.66. The van der Waals surface area contributed by atoms with Crippen LogP contribution in [0.1, 0.15) is 17.4 Å². The van der Waals surface area contributed by atoms with Crippen molar-refractivity contribution in [2.24, 2.45) is 7.05 Å². The summed E-state index contributed by atoms with van der Waals surface area (Å²) in [5, 5.41) is 9.14. The van der Waals surface area contributed by atoms with Crippen LogP contribution in [0.5, 0.6) is 5.75 Å². The molecule has 2 aromatic heterocycles. The second-order valence-electron chi connectivity index (χ2n) is 4.93. The molecule has 1 aromatic carbocycles. The van der Waals surface area contributed by atoms with E-state index in [4.69, 9.17) is 4.74 Å². The maximum atomic E-state index is 12.3. The van der Waals surface area contributed by atoms with Crippen molar-refractivity contribution in [1.29, 1.82) is 0 Å². The quantitative estimate of drug-likeness (QED) is 0.775. The summed E-state index contributed by atoms with van der Waals surface area (Å²) in [7, 11) is 1.84. The van der Waals surface area contributed by atoms with Gasteiger partial charge in [0, 0.05) is 12.7 Å². The zero-order valence-corrected chi connectivity index (χ0v) is 13.8. The van der Waals surface area contributed by atoms with Gasteiger partial charge in [0.2, 0.25) is 0 Å².